The molecule has 3 aromatic rings. The molecule has 9 heteroatoms. The van der Waals surface area contributed by atoms with Gasteiger partial charge in [0.2, 0.25) is 12.3 Å². The largest absolute Gasteiger partial charge is 0.358 e. The first-order chi connectivity index (χ1) is 21.5. The lowest BCUT2D eigenvalue weighted by molar-refractivity contribution is -0.137. The van der Waals surface area contributed by atoms with Crippen LogP contribution in [-0.2, 0) is 22.4 Å². The Bertz CT molecular complexity index is 1420. The third-order valence-electron chi connectivity index (χ3n) is 8.90. The van der Waals surface area contributed by atoms with Gasteiger partial charge in [0.15, 0.2) is 0 Å². The highest BCUT2D eigenvalue weighted by molar-refractivity contribution is 6.35. The molecular weight excluding hydrogens is 595 g/mol. The minimum absolute atomic E-state index is 0.0594. The number of rotatable bonds is 7. The van der Waals surface area contributed by atoms with Gasteiger partial charge in [0, 0.05) is 60.3 Å². The van der Waals surface area contributed by atoms with Gasteiger partial charge in [-0.1, -0.05) is 77.8 Å². The molecule has 2 aliphatic heterocycles. The molecule has 3 aliphatic rings. The van der Waals surface area contributed by atoms with Crippen molar-refractivity contribution in [1.29, 1.82) is 0 Å². The molecule has 1 aliphatic carbocycles. The Morgan fingerprint density at radius 1 is 0.932 bits per heavy atom. The van der Waals surface area contributed by atoms with Crippen LogP contribution in [0.2, 0.25) is 10.0 Å². The van der Waals surface area contributed by atoms with Gasteiger partial charge in [-0.25, -0.2) is 0 Å². The maximum Gasteiger partial charge on any atom is 0.254 e. The fraction of sp³-hybridized carbons (Fsp3) is 0.400. The summed E-state index contributed by atoms with van der Waals surface area (Å²) in [6.07, 6.45) is 5.65. The van der Waals surface area contributed by atoms with Gasteiger partial charge in [0.1, 0.15) is 0 Å². The summed E-state index contributed by atoms with van der Waals surface area (Å²) >= 11 is 12.8. The van der Waals surface area contributed by atoms with Gasteiger partial charge in [-0.3, -0.25) is 14.4 Å². The van der Waals surface area contributed by atoms with E-state index < -0.39 is 0 Å². The number of amides is 3. The number of halogens is 2. The predicted molar refractivity (Wildman–Crippen MR) is 175 cm³/mol. The number of hydrogen-bond donors (Lipinski definition) is 2. The molecule has 44 heavy (non-hydrogen) atoms. The van der Waals surface area contributed by atoms with E-state index in [2.05, 4.69) is 10.6 Å². The molecule has 1 unspecified atom stereocenters. The summed E-state index contributed by atoms with van der Waals surface area (Å²) in [6, 6.07) is 23.4. The minimum Gasteiger partial charge on any atom is -0.358 e. The molecule has 232 valence electrons. The SMILES string of the molecule is O=C(C1CCC(N2C(=O)c3ccccc3CC2c2ccc(Cl)cc2Cl)CC1)N1CCNCC1.O=CNCCc1ccccc1. The van der Waals surface area contributed by atoms with Crippen molar-refractivity contribution in [1.82, 2.24) is 20.4 Å². The fourth-order valence-corrected chi connectivity index (χ4v) is 7.14. The summed E-state index contributed by atoms with van der Waals surface area (Å²) < 4.78 is 0. The van der Waals surface area contributed by atoms with E-state index >= 15 is 0 Å². The van der Waals surface area contributed by atoms with E-state index in [0.717, 1.165) is 87.8 Å². The van der Waals surface area contributed by atoms with Crippen molar-refractivity contribution in [2.24, 2.45) is 5.92 Å². The Morgan fingerprint density at radius 3 is 2.34 bits per heavy atom. The quantitative estimate of drug-likeness (QED) is 0.258. The van der Waals surface area contributed by atoms with E-state index in [9.17, 15) is 14.4 Å². The van der Waals surface area contributed by atoms with Crippen molar-refractivity contribution in [3.63, 3.8) is 0 Å². The van der Waals surface area contributed by atoms with Crippen LogP contribution in [0.15, 0.2) is 72.8 Å². The lowest BCUT2D eigenvalue weighted by atomic mass is 9.81. The van der Waals surface area contributed by atoms with Crippen LogP contribution in [0.4, 0.5) is 0 Å². The molecule has 3 amide bonds. The van der Waals surface area contributed by atoms with Crippen molar-refractivity contribution in [2.45, 2.75) is 50.6 Å². The summed E-state index contributed by atoms with van der Waals surface area (Å²) in [5, 5.41) is 7.10. The highest BCUT2D eigenvalue weighted by Crippen LogP contribution is 2.42. The average Bonchev–Trinajstić information content (AvgIpc) is 3.06. The van der Waals surface area contributed by atoms with Gasteiger partial charge in [0.05, 0.1) is 6.04 Å². The standard InChI is InChI=1S/C26H29Cl2N3O2.C9H11NO/c27-19-7-10-22(23(28)16-19)24-15-18-3-1-2-4-21(18)26(33)31(24)20-8-5-17(6-9-20)25(32)30-13-11-29-12-14-30;11-8-10-7-6-9-4-2-1-3-5-9/h1-4,7,10,16-17,20,24,29H,5-6,8-9,11-15H2;1-5,8H,6-7H2,(H,10,11). The fourth-order valence-electron chi connectivity index (χ4n) is 6.61. The van der Waals surface area contributed by atoms with Crippen LogP contribution in [0.5, 0.6) is 0 Å². The van der Waals surface area contributed by atoms with Crippen molar-refractivity contribution >= 4 is 41.4 Å². The first-order valence-electron chi connectivity index (χ1n) is 15.5. The van der Waals surface area contributed by atoms with Crippen LogP contribution in [0.3, 0.4) is 0 Å². The van der Waals surface area contributed by atoms with Crippen LogP contribution >= 0.6 is 23.2 Å². The molecule has 2 fully saturated rings. The maximum absolute atomic E-state index is 13.7. The highest BCUT2D eigenvalue weighted by Gasteiger charge is 2.41. The summed E-state index contributed by atoms with van der Waals surface area (Å²) in [6.45, 7) is 4.03. The molecule has 1 atom stereocenters. The molecule has 0 spiro atoms. The third kappa shape index (κ3) is 7.81. The van der Waals surface area contributed by atoms with Crippen molar-refractivity contribution < 1.29 is 14.4 Å². The first kappa shape index (κ1) is 32.0. The number of piperazine rings is 1. The molecular formula is C35H40Cl2N4O3. The molecule has 0 aromatic heterocycles. The summed E-state index contributed by atoms with van der Waals surface area (Å²) in [7, 11) is 0. The lowest BCUT2D eigenvalue weighted by Gasteiger charge is -2.45. The first-order valence-corrected chi connectivity index (χ1v) is 16.3. The second kappa shape index (κ2) is 15.6. The molecule has 7 nitrogen and oxygen atoms in total. The lowest BCUT2D eigenvalue weighted by Crippen LogP contribution is -2.51. The molecule has 2 N–H and O–H groups in total. The Labute approximate surface area is 269 Å². The number of fused-ring (bicyclic) bond motifs is 1. The second-order valence-electron chi connectivity index (χ2n) is 11.6. The van der Waals surface area contributed by atoms with Crippen molar-refractivity contribution in [3.05, 3.63) is 105 Å². The Morgan fingerprint density at radius 2 is 1.64 bits per heavy atom. The zero-order valence-electron chi connectivity index (χ0n) is 24.9. The smallest absolute Gasteiger partial charge is 0.254 e. The molecule has 6 rings (SSSR count). The van der Waals surface area contributed by atoms with Gasteiger partial charge < -0.3 is 20.4 Å². The summed E-state index contributed by atoms with van der Waals surface area (Å²) in [5.41, 5.74) is 4.01. The number of hydrogen-bond acceptors (Lipinski definition) is 4. The van der Waals surface area contributed by atoms with E-state index in [4.69, 9.17) is 23.2 Å². The summed E-state index contributed by atoms with van der Waals surface area (Å²) in [5.74, 6) is 0.399. The van der Waals surface area contributed by atoms with Gasteiger partial charge >= 0.3 is 0 Å². The average molecular weight is 636 g/mol. The van der Waals surface area contributed by atoms with Crippen LogP contribution in [0.1, 0.15) is 58.8 Å². The number of nitrogens with one attached hydrogen (secondary N) is 2. The van der Waals surface area contributed by atoms with Gasteiger partial charge in [-0.2, -0.15) is 0 Å². The predicted octanol–water partition coefficient (Wildman–Crippen LogP) is 5.70. The number of nitrogens with zero attached hydrogens (tertiary/aromatic N) is 2. The van der Waals surface area contributed by atoms with E-state index in [1.807, 2.05) is 76.5 Å². The molecule has 3 aromatic carbocycles. The van der Waals surface area contributed by atoms with Crippen molar-refractivity contribution in [3.8, 4) is 0 Å². The van der Waals surface area contributed by atoms with Gasteiger partial charge in [-0.15, -0.1) is 0 Å². The van der Waals surface area contributed by atoms with Crippen LogP contribution < -0.4 is 10.6 Å². The van der Waals surface area contributed by atoms with Gasteiger partial charge in [0.25, 0.3) is 5.91 Å². The summed E-state index contributed by atoms with van der Waals surface area (Å²) in [4.78, 5) is 40.7. The molecule has 2 heterocycles. The highest BCUT2D eigenvalue weighted by atomic mass is 35.5. The maximum atomic E-state index is 13.7. The van der Waals surface area contributed by atoms with E-state index in [0.29, 0.717) is 16.6 Å². The zero-order chi connectivity index (χ0) is 30.9. The van der Waals surface area contributed by atoms with Crippen LogP contribution in [0, 0.1) is 5.92 Å². The van der Waals surface area contributed by atoms with Crippen LogP contribution in [0.25, 0.3) is 0 Å². The Kier molecular flexibility index (Phi) is 11.3. The monoisotopic (exact) mass is 634 g/mol. The molecule has 0 bridgehead atoms. The minimum atomic E-state index is -0.136. The zero-order valence-corrected chi connectivity index (χ0v) is 26.4. The second-order valence-corrected chi connectivity index (χ2v) is 12.5. The van der Waals surface area contributed by atoms with Crippen molar-refractivity contribution in [2.75, 3.05) is 32.7 Å². The number of carbonyl (C=O) groups excluding carboxylic acids is 3. The number of carbonyl (C=O) groups is 3. The third-order valence-corrected chi connectivity index (χ3v) is 9.47. The molecule has 1 saturated heterocycles. The normalized spacial score (nSPS) is 21.5. The Balaban J connectivity index is 0.000000296. The Hall–Kier alpha value is -3.39. The number of benzene rings is 3. The van der Waals surface area contributed by atoms with Gasteiger partial charge in [-0.05, 0) is 73.4 Å². The van der Waals surface area contributed by atoms with E-state index in [1.54, 1.807) is 6.07 Å². The van der Waals surface area contributed by atoms with Crippen LogP contribution in [-0.4, -0.2) is 66.8 Å². The topological polar surface area (TPSA) is 81.8 Å². The molecule has 1 saturated carbocycles. The van der Waals surface area contributed by atoms with E-state index in [1.165, 1.54) is 5.56 Å². The van der Waals surface area contributed by atoms with E-state index in [-0.39, 0.29) is 29.8 Å². The molecule has 0 radical (unpaired) electrons.